The first-order valence-electron chi connectivity index (χ1n) is 8.23. The topological polar surface area (TPSA) is 95.7 Å². The van der Waals surface area contributed by atoms with Crippen LogP contribution in [0.4, 0.5) is 5.69 Å². The molecule has 0 amide bonds. The van der Waals surface area contributed by atoms with Gasteiger partial charge in [-0.1, -0.05) is 41.9 Å². The number of carbonyl (C=O) groups is 2. The van der Waals surface area contributed by atoms with Gasteiger partial charge in [-0.2, -0.15) is 0 Å². The van der Waals surface area contributed by atoms with Crippen molar-refractivity contribution >= 4 is 29.2 Å². The van der Waals surface area contributed by atoms with Crippen LogP contribution in [-0.2, 0) is 32.1 Å². The van der Waals surface area contributed by atoms with Gasteiger partial charge >= 0.3 is 11.9 Å². The maximum absolute atomic E-state index is 12.3. The standard InChI is InChI=1S/C19H16ClNO6/c20-19(11-15(17(22)27-19)10-13-4-2-1-3-5-13)18(23)26-12-14-6-8-16(9-7-14)21(24)25/h1-9,15H,10-12H2. The summed E-state index contributed by atoms with van der Waals surface area (Å²) in [5, 5.41) is 8.79. The molecule has 0 saturated carbocycles. The zero-order valence-corrected chi connectivity index (χ0v) is 14.9. The van der Waals surface area contributed by atoms with Crippen LogP contribution in [0, 0.1) is 16.0 Å². The van der Waals surface area contributed by atoms with Crippen molar-refractivity contribution < 1.29 is 24.0 Å². The van der Waals surface area contributed by atoms with Gasteiger partial charge in [-0.15, -0.1) is 0 Å². The largest absolute Gasteiger partial charge is 0.457 e. The van der Waals surface area contributed by atoms with Gasteiger partial charge in [0.2, 0.25) is 0 Å². The smallest absolute Gasteiger partial charge is 0.367 e. The van der Waals surface area contributed by atoms with Crippen molar-refractivity contribution in [3.8, 4) is 0 Å². The number of cyclic esters (lactones) is 1. The van der Waals surface area contributed by atoms with Crippen molar-refractivity contribution in [3.05, 3.63) is 75.8 Å². The third kappa shape index (κ3) is 4.43. The highest BCUT2D eigenvalue weighted by Gasteiger charge is 2.52. The van der Waals surface area contributed by atoms with Crippen molar-refractivity contribution in [3.63, 3.8) is 0 Å². The van der Waals surface area contributed by atoms with Crippen molar-refractivity contribution in [2.24, 2.45) is 5.92 Å². The maximum atomic E-state index is 12.3. The molecule has 1 heterocycles. The summed E-state index contributed by atoms with van der Waals surface area (Å²) in [5.41, 5.74) is 1.44. The van der Waals surface area contributed by atoms with Crippen LogP contribution in [0.3, 0.4) is 0 Å². The molecule has 0 radical (unpaired) electrons. The molecule has 8 heteroatoms. The molecule has 3 rings (SSSR count). The van der Waals surface area contributed by atoms with E-state index in [-0.39, 0.29) is 18.7 Å². The normalized spacial score (nSPS) is 21.5. The highest BCUT2D eigenvalue weighted by Crippen LogP contribution is 2.37. The first-order valence-corrected chi connectivity index (χ1v) is 8.61. The van der Waals surface area contributed by atoms with E-state index in [4.69, 9.17) is 21.1 Å². The van der Waals surface area contributed by atoms with Crippen LogP contribution >= 0.6 is 11.6 Å². The molecule has 0 N–H and O–H groups in total. The summed E-state index contributed by atoms with van der Waals surface area (Å²) in [4.78, 5) is 34.5. The quantitative estimate of drug-likeness (QED) is 0.325. The molecule has 7 nitrogen and oxygen atoms in total. The Hall–Kier alpha value is -2.93. The van der Waals surface area contributed by atoms with E-state index in [1.54, 1.807) is 0 Å². The number of nitro groups is 1. The number of esters is 2. The molecule has 27 heavy (non-hydrogen) atoms. The SMILES string of the molecule is O=C1OC(Cl)(C(=O)OCc2ccc([N+](=O)[O-])cc2)CC1Cc1ccccc1. The zero-order valence-electron chi connectivity index (χ0n) is 14.2. The Morgan fingerprint density at radius 2 is 1.85 bits per heavy atom. The predicted molar refractivity (Wildman–Crippen MR) is 95.8 cm³/mol. The minimum atomic E-state index is -1.85. The number of ether oxygens (including phenoxy) is 2. The number of hydrogen-bond acceptors (Lipinski definition) is 6. The van der Waals surface area contributed by atoms with E-state index < -0.39 is 27.8 Å². The summed E-state index contributed by atoms with van der Waals surface area (Å²) >= 11 is 6.20. The Labute approximate surface area is 160 Å². The van der Waals surface area contributed by atoms with E-state index in [0.29, 0.717) is 12.0 Å². The minimum absolute atomic E-state index is 0.0153. The van der Waals surface area contributed by atoms with Crippen LogP contribution < -0.4 is 0 Å². The van der Waals surface area contributed by atoms with E-state index in [2.05, 4.69) is 0 Å². The van der Waals surface area contributed by atoms with E-state index in [1.807, 2.05) is 30.3 Å². The molecule has 1 aliphatic heterocycles. The van der Waals surface area contributed by atoms with Crippen molar-refractivity contribution in [1.29, 1.82) is 0 Å². The molecule has 2 aromatic rings. The number of nitrogens with zero attached hydrogens (tertiary/aromatic N) is 1. The summed E-state index contributed by atoms with van der Waals surface area (Å²) < 4.78 is 10.2. The molecule has 0 aromatic heterocycles. The highest BCUT2D eigenvalue weighted by molar-refractivity contribution is 6.34. The second-order valence-electron chi connectivity index (χ2n) is 6.24. The lowest BCUT2D eigenvalue weighted by molar-refractivity contribution is -0.384. The summed E-state index contributed by atoms with van der Waals surface area (Å²) in [5.74, 6) is -1.93. The number of alkyl halides is 1. The fourth-order valence-electron chi connectivity index (χ4n) is 2.83. The number of nitro benzene ring substituents is 1. The average Bonchev–Trinajstić information content (AvgIpc) is 2.95. The molecule has 2 atom stereocenters. The lowest BCUT2D eigenvalue weighted by atomic mass is 9.96. The Kier molecular flexibility index (Phi) is 5.41. The second-order valence-corrected chi connectivity index (χ2v) is 6.85. The van der Waals surface area contributed by atoms with Gasteiger partial charge in [0.05, 0.1) is 10.8 Å². The van der Waals surface area contributed by atoms with E-state index >= 15 is 0 Å². The molecule has 1 fully saturated rings. The molecule has 2 unspecified atom stereocenters. The Morgan fingerprint density at radius 3 is 2.48 bits per heavy atom. The number of hydrogen-bond donors (Lipinski definition) is 0. The summed E-state index contributed by atoms with van der Waals surface area (Å²) in [6.45, 7) is -0.133. The van der Waals surface area contributed by atoms with Gasteiger partial charge in [0, 0.05) is 18.6 Å². The number of rotatable bonds is 6. The Bertz CT molecular complexity index is 854. The summed E-state index contributed by atoms with van der Waals surface area (Å²) in [6, 6.07) is 14.9. The van der Waals surface area contributed by atoms with Crippen molar-refractivity contribution in [1.82, 2.24) is 0 Å². The van der Waals surface area contributed by atoms with Gasteiger partial charge in [0.15, 0.2) is 0 Å². The van der Waals surface area contributed by atoms with Crippen LogP contribution in [0.15, 0.2) is 54.6 Å². The lowest BCUT2D eigenvalue weighted by Crippen LogP contribution is -2.34. The monoisotopic (exact) mass is 389 g/mol. The molecule has 0 aliphatic carbocycles. The first-order chi connectivity index (χ1) is 12.9. The van der Waals surface area contributed by atoms with Gasteiger partial charge < -0.3 is 9.47 Å². The molecule has 0 bridgehead atoms. The molecule has 1 aliphatic rings. The Morgan fingerprint density at radius 1 is 1.19 bits per heavy atom. The number of carbonyl (C=O) groups excluding carboxylic acids is 2. The molecular weight excluding hydrogens is 374 g/mol. The molecule has 1 saturated heterocycles. The van der Waals surface area contributed by atoms with Crippen LogP contribution in [0.5, 0.6) is 0 Å². The molecule has 0 spiro atoms. The first kappa shape index (κ1) is 18.8. The van der Waals surface area contributed by atoms with Crippen LogP contribution in [0.2, 0.25) is 0 Å². The van der Waals surface area contributed by atoms with Gasteiger partial charge in [-0.3, -0.25) is 14.9 Å². The second kappa shape index (κ2) is 7.75. The zero-order chi connectivity index (χ0) is 19.4. The summed E-state index contributed by atoms with van der Waals surface area (Å²) in [7, 11) is 0. The van der Waals surface area contributed by atoms with Gasteiger partial charge in [-0.25, -0.2) is 4.79 Å². The minimum Gasteiger partial charge on any atom is -0.457 e. The lowest BCUT2D eigenvalue weighted by Gasteiger charge is -2.18. The van der Waals surface area contributed by atoms with Crippen LogP contribution in [-0.4, -0.2) is 21.9 Å². The molecule has 2 aromatic carbocycles. The molecule has 140 valence electrons. The highest BCUT2D eigenvalue weighted by atomic mass is 35.5. The molecular formula is C19H16ClNO6. The van der Waals surface area contributed by atoms with Gasteiger partial charge in [0.25, 0.3) is 10.7 Å². The van der Waals surface area contributed by atoms with Crippen molar-refractivity contribution in [2.75, 3.05) is 0 Å². The fraction of sp³-hybridized carbons (Fsp3) is 0.263. The van der Waals surface area contributed by atoms with Gasteiger partial charge in [-0.05, 0) is 29.7 Å². The number of halogens is 1. The van der Waals surface area contributed by atoms with Crippen LogP contribution in [0.25, 0.3) is 0 Å². The third-order valence-corrected chi connectivity index (χ3v) is 4.64. The fourth-order valence-corrected chi connectivity index (χ4v) is 3.15. The van der Waals surface area contributed by atoms with E-state index in [0.717, 1.165) is 5.56 Å². The van der Waals surface area contributed by atoms with Gasteiger partial charge in [0.1, 0.15) is 6.61 Å². The number of benzene rings is 2. The maximum Gasteiger partial charge on any atom is 0.367 e. The van der Waals surface area contributed by atoms with Crippen LogP contribution in [0.1, 0.15) is 17.5 Å². The average molecular weight is 390 g/mol. The third-order valence-electron chi connectivity index (χ3n) is 4.25. The summed E-state index contributed by atoms with van der Waals surface area (Å²) in [6.07, 6.45) is 0.436. The predicted octanol–water partition coefficient (Wildman–Crippen LogP) is 3.38. The van der Waals surface area contributed by atoms with E-state index in [1.165, 1.54) is 24.3 Å². The Balaban J connectivity index is 1.59. The van der Waals surface area contributed by atoms with Crippen molar-refractivity contribution in [2.45, 2.75) is 24.5 Å². The number of non-ortho nitro benzene ring substituents is 1. The van der Waals surface area contributed by atoms with E-state index in [9.17, 15) is 19.7 Å².